The third-order valence-electron chi connectivity index (χ3n) is 5.99. The lowest BCUT2D eigenvalue weighted by atomic mass is 10.1. The van der Waals surface area contributed by atoms with E-state index in [0.717, 1.165) is 63.8 Å². The van der Waals surface area contributed by atoms with E-state index in [4.69, 9.17) is 4.98 Å². The van der Waals surface area contributed by atoms with Gasteiger partial charge in [-0.05, 0) is 44.6 Å². The van der Waals surface area contributed by atoms with Crippen LogP contribution in [0.2, 0.25) is 0 Å². The van der Waals surface area contributed by atoms with Gasteiger partial charge in [0, 0.05) is 32.2 Å². The Labute approximate surface area is 165 Å². The number of hydrogen-bond acceptors (Lipinski definition) is 5. The Kier molecular flexibility index (Phi) is 5.73. The van der Waals surface area contributed by atoms with Crippen molar-refractivity contribution >= 4 is 11.0 Å². The molecule has 1 N–H and O–H groups in total. The van der Waals surface area contributed by atoms with Gasteiger partial charge in [-0.1, -0.05) is 13.3 Å². The zero-order valence-corrected chi connectivity index (χ0v) is 16.8. The van der Waals surface area contributed by atoms with Crippen molar-refractivity contribution in [2.75, 3.05) is 19.6 Å². The van der Waals surface area contributed by atoms with Crippen LogP contribution in [-0.4, -0.2) is 45.1 Å². The van der Waals surface area contributed by atoms with E-state index in [-0.39, 0.29) is 17.0 Å². The van der Waals surface area contributed by atoms with Crippen LogP contribution < -0.4 is 10.9 Å². The zero-order valence-electron chi connectivity index (χ0n) is 16.8. The molecule has 6 nitrogen and oxygen atoms in total. The second-order valence-corrected chi connectivity index (χ2v) is 8.34. The fourth-order valence-electron chi connectivity index (χ4n) is 4.17. The molecule has 4 rings (SSSR count). The van der Waals surface area contributed by atoms with Crippen LogP contribution in [0.4, 0.5) is 4.39 Å². The van der Waals surface area contributed by atoms with Gasteiger partial charge in [0.05, 0.1) is 17.6 Å². The van der Waals surface area contributed by atoms with Gasteiger partial charge in [0.15, 0.2) is 5.65 Å². The third-order valence-corrected chi connectivity index (χ3v) is 5.99. The van der Waals surface area contributed by atoms with Crippen molar-refractivity contribution in [1.82, 2.24) is 24.8 Å². The van der Waals surface area contributed by atoms with Crippen LogP contribution in [0.3, 0.4) is 0 Å². The SMILES string of the molecule is CCCC(c1nc2ncc(F)cc2c(=O)n1CC1CC1)N1CCN[C@@H](C)CC1. The highest BCUT2D eigenvalue weighted by Crippen LogP contribution is 2.32. The number of pyridine rings is 1. The van der Waals surface area contributed by atoms with Gasteiger partial charge in [0.2, 0.25) is 0 Å². The average Bonchev–Trinajstić information content (AvgIpc) is 3.51. The lowest BCUT2D eigenvalue weighted by molar-refractivity contribution is 0.183. The summed E-state index contributed by atoms with van der Waals surface area (Å²) in [4.78, 5) is 24.7. The summed E-state index contributed by atoms with van der Waals surface area (Å²) in [7, 11) is 0. The molecule has 1 aliphatic heterocycles. The van der Waals surface area contributed by atoms with Crippen LogP contribution in [0.5, 0.6) is 0 Å². The second kappa shape index (κ2) is 8.25. The maximum Gasteiger partial charge on any atom is 0.263 e. The summed E-state index contributed by atoms with van der Waals surface area (Å²) in [6.07, 6.45) is 6.47. The molecule has 7 heteroatoms. The van der Waals surface area contributed by atoms with Crippen LogP contribution in [0, 0.1) is 11.7 Å². The molecule has 0 radical (unpaired) electrons. The minimum atomic E-state index is -0.491. The van der Waals surface area contributed by atoms with Crippen molar-refractivity contribution in [1.29, 1.82) is 0 Å². The largest absolute Gasteiger partial charge is 0.313 e. The van der Waals surface area contributed by atoms with E-state index in [1.807, 2.05) is 4.57 Å². The molecule has 0 bridgehead atoms. The molecule has 2 aromatic rings. The quantitative estimate of drug-likeness (QED) is 0.826. The Morgan fingerprint density at radius 1 is 1.32 bits per heavy atom. The van der Waals surface area contributed by atoms with Gasteiger partial charge in [0.1, 0.15) is 11.6 Å². The lowest BCUT2D eigenvalue weighted by Crippen LogP contribution is -2.37. The van der Waals surface area contributed by atoms with E-state index in [9.17, 15) is 9.18 Å². The molecule has 152 valence electrons. The number of halogens is 1. The van der Waals surface area contributed by atoms with Gasteiger partial charge in [-0.3, -0.25) is 14.3 Å². The number of aromatic nitrogens is 3. The van der Waals surface area contributed by atoms with E-state index in [2.05, 4.69) is 29.0 Å². The number of fused-ring (bicyclic) bond motifs is 1. The summed E-state index contributed by atoms with van der Waals surface area (Å²) < 4.78 is 15.5. The standard InChI is InChI=1S/C21H30FN5O/c1-3-4-18(26-9-7-14(2)23-8-10-26)20-25-19-17(11-16(22)12-24-19)21(28)27(20)13-15-5-6-15/h11-12,14-15,18,23H,3-10,13H2,1-2H3/t14-,18?/m0/s1. The van der Waals surface area contributed by atoms with Crippen LogP contribution in [0.15, 0.2) is 17.1 Å². The molecule has 0 spiro atoms. The van der Waals surface area contributed by atoms with Gasteiger partial charge in [-0.15, -0.1) is 0 Å². The summed E-state index contributed by atoms with van der Waals surface area (Å²) in [6.45, 7) is 7.91. The summed E-state index contributed by atoms with van der Waals surface area (Å²) in [5.74, 6) is 0.847. The second-order valence-electron chi connectivity index (χ2n) is 8.34. The highest BCUT2D eigenvalue weighted by molar-refractivity contribution is 5.73. The topological polar surface area (TPSA) is 63.1 Å². The number of hydrogen-bond donors (Lipinski definition) is 1. The summed E-state index contributed by atoms with van der Waals surface area (Å²) >= 11 is 0. The number of rotatable bonds is 6. The highest BCUT2D eigenvalue weighted by Gasteiger charge is 2.30. The Morgan fingerprint density at radius 3 is 2.89 bits per heavy atom. The van der Waals surface area contributed by atoms with E-state index in [1.54, 1.807) is 0 Å². The van der Waals surface area contributed by atoms with Crippen molar-refractivity contribution in [3.63, 3.8) is 0 Å². The number of nitrogens with zero attached hydrogens (tertiary/aromatic N) is 4. The van der Waals surface area contributed by atoms with Crippen LogP contribution in [0.1, 0.15) is 57.8 Å². The van der Waals surface area contributed by atoms with Crippen molar-refractivity contribution in [3.05, 3.63) is 34.3 Å². The smallest absolute Gasteiger partial charge is 0.263 e. The molecule has 1 saturated carbocycles. The highest BCUT2D eigenvalue weighted by atomic mass is 19.1. The molecule has 28 heavy (non-hydrogen) atoms. The van der Waals surface area contributed by atoms with Crippen LogP contribution in [0.25, 0.3) is 11.0 Å². The summed E-state index contributed by atoms with van der Waals surface area (Å²) in [5.41, 5.74) is 0.206. The summed E-state index contributed by atoms with van der Waals surface area (Å²) in [6, 6.07) is 1.85. The van der Waals surface area contributed by atoms with Gasteiger partial charge < -0.3 is 5.32 Å². The van der Waals surface area contributed by atoms with Crippen LogP contribution in [-0.2, 0) is 6.54 Å². The zero-order chi connectivity index (χ0) is 19.7. The van der Waals surface area contributed by atoms with E-state index >= 15 is 0 Å². The van der Waals surface area contributed by atoms with E-state index in [1.165, 1.54) is 6.07 Å². The Morgan fingerprint density at radius 2 is 2.14 bits per heavy atom. The molecule has 3 heterocycles. The normalized spacial score (nSPS) is 22.3. The Bertz CT molecular complexity index is 894. The van der Waals surface area contributed by atoms with Crippen molar-refractivity contribution < 1.29 is 4.39 Å². The Hall–Kier alpha value is -1.86. The maximum absolute atomic E-state index is 13.7. The van der Waals surface area contributed by atoms with Crippen molar-refractivity contribution in [3.8, 4) is 0 Å². The molecule has 2 fully saturated rings. The molecular weight excluding hydrogens is 357 g/mol. The molecule has 1 unspecified atom stereocenters. The molecule has 1 saturated heterocycles. The molecule has 0 amide bonds. The number of nitrogens with one attached hydrogen (secondary N) is 1. The monoisotopic (exact) mass is 387 g/mol. The predicted octanol–water partition coefficient (Wildman–Crippen LogP) is 2.87. The van der Waals surface area contributed by atoms with Gasteiger partial charge in [0.25, 0.3) is 5.56 Å². The minimum absolute atomic E-state index is 0.0832. The molecule has 1 aliphatic carbocycles. The molecule has 2 aliphatic rings. The van der Waals surface area contributed by atoms with Gasteiger partial charge in [-0.25, -0.2) is 14.4 Å². The molecule has 2 aromatic heterocycles. The third kappa shape index (κ3) is 4.10. The first-order valence-electron chi connectivity index (χ1n) is 10.6. The van der Waals surface area contributed by atoms with Crippen LogP contribution >= 0.6 is 0 Å². The fraction of sp³-hybridized carbons (Fsp3) is 0.667. The first-order valence-corrected chi connectivity index (χ1v) is 10.6. The Balaban J connectivity index is 1.80. The van der Waals surface area contributed by atoms with E-state index < -0.39 is 5.82 Å². The molecule has 2 atom stereocenters. The average molecular weight is 388 g/mol. The van der Waals surface area contributed by atoms with Gasteiger partial charge in [-0.2, -0.15) is 0 Å². The summed E-state index contributed by atoms with van der Waals surface area (Å²) in [5, 5.41) is 3.83. The van der Waals surface area contributed by atoms with Crippen molar-refractivity contribution in [2.45, 2.75) is 64.6 Å². The van der Waals surface area contributed by atoms with E-state index in [0.29, 0.717) is 24.2 Å². The first kappa shape index (κ1) is 19.5. The molecular formula is C21H30FN5O. The predicted molar refractivity (Wildman–Crippen MR) is 108 cm³/mol. The first-order chi connectivity index (χ1) is 13.6. The minimum Gasteiger partial charge on any atom is -0.313 e. The molecule has 0 aromatic carbocycles. The lowest BCUT2D eigenvalue weighted by Gasteiger charge is -2.31. The van der Waals surface area contributed by atoms with Crippen molar-refractivity contribution in [2.24, 2.45) is 5.92 Å². The fourth-order valence-corrected chi connectivity index (χ4v) is 4.17. The maximum atomic E-state index is 13.7. The van der Waals surface area contributed by atoms with Gasteiger partial charge >= 0.3 is 0 Å².